The molecule has 0 unspecified atom stereocenters. The number of aromatic hydroxyl groups is 1. The third kappa shape index (κ3) is 4.25. The zero-order chi connectivity index (χ0) is 17.5. The van der Waals surface area contributed by atoms with Gasteiger partial charge in [0.1, 0.15) is 11.5 Å². The Morgan fingerprint density at radius 2 is 1.32 bits per heavy atom. The van der Waals surface area contributed by atoms with Crippen LogP contribution in [0.4, 0.5) is 0 Å². The minimum Gasteiger partial charge on any atom is -0.508 e. The minimum atomic E-state index is -0.574. The van der Waals surface area contributed by atoms with E-state index in [0.29, 0.717) is 5.75 Å². The molecule has 0 spiro atoms. The van der Waals surface area contributed by atoms with E-state index in [4.69, 9.17) is 4.74 Å². The van der Waals surface area contributed by atoms with Crippen molar-refractivity contribution in [2.24, 2.45) is 5.41 Å². The fraction of sp³-hybridized carbons (Fsp3) is 0.632. The highest BCUT2D eigenvalue weighted by Gasteiger charge is 2.30. The zero-order valence-electron chi connectivity index (χ0n) is 15.4. The summed E-state index contributed by atoms with van der Waals surface area (Å²) in [7, 11) is 0. The van der Waals surface area contributed by atoms with Crippen molar-refractivity contribution in [2.45, 2.75) is 73.1 Å². The zero-order valence-corrected chi connectivity index (χ0v) is 15.4. The van der Waals surface area contributed by atoms with Gasteiger partial charge in [0.15, 0.2) is 0 Å². The summed E-state index contributed by atoms with van der Waals surface area (Å²) in [4.78, 5) is 12.3. The SMILES string of the molecule is CC(C)(C)C(=O)Oc1cc(C(C)(C)C)c(O)cc1C(C)(C)C. The maximum absolute atomic E-state index is 12.3. The van der Waals surface area contributed by atoms with E-state index in [9.17, 15) is 9.90 Å². The van der Waals surface area contributed by atoms with Crippen LogP contribution in [0.5, 0.6) is 11.5 Å². The molecule has 0 heterocycles. The highest BCUT2D eigenvalue weighted by atomic mass is 16.5. The Bertz CT molecular complexity index is 564. The van der Waals surface area contributed by atoms with Crippen molar-refractivity contribution in [2.75, 3.05) is 0 Å². The lowest BCUT2D eigenvalue weighted by molar-refractivity contribution is -0.143. The van der Waals surface area contributed by atoms with Crippen molar-refractivity contribution in [3.63, 3.8) is 0 Å². The molecule has 0 amide bonds. The predicted octanol–water partition coefficient (Wildman–Crippen LogP) is 4.94. The number of phenolic OH excluding ortho intramolecular Hbond substituents is 1. The number of phenols is 1. The molecule has 3 heteroatoms. The van der Waals surface area contributed by atoms with E-state index in [1.54, 1.807) is 12.1 Å². The lowest BCUT2D eigenvalue weighted by Gasteiger charge is -2.28. The standard InChI is InChI=1S/C19H30O3/c1-17(2,3)12-11-15(22-16(21)19(7,8)9)13(10-14(12)20)18(4,5)6/h10-11,20H,1-9H3. The van der Waals surface area contributed by atoms with Crippen molar-refractivity contribution in [3.05, 3.63) is 23.3 Å². The van der Waals surface area contributed by atoms with Crippen LogP contribution in [0.1, 0.15) is 73.4 Å². The molecule has 0 atom stereocenters. The van der Waals surface area contributed by atoms with Crippen molar-refractivity contribution in [1.82, 2.24) is 0 Å². The molecule has 1 rings (SSSR count). The minimum absolute atomic E-state index is 0.233. The number of esters is 1. The van der Waals surface area contributed by atoms with Gasteiger partial charge >= 0.3 is 5.97 Å². The smallest absolute Gasteiger partial charge is 0.316 e. The molecule has 0 aliphatic carbocycles. The Morgan fingerprint density at radius 3 is 1.68 bits per heavy atom. The lowest BCUT2D eigenvalue weighted by Crippen LogP contribution is -2.27. The molecular formula is C19H30O3. The largest absolute Gasteiger partial charge is 0.508 e. The second kappa shape index (κ2) is 5.60. The summed E-state index contributed by atoms with van der Waals surface area (Å²) in [5.41, 5.74) is 0.563. The van der Waals surface area contributed by atoms with Gasteiger partial charge in [-0.15, -0.1) is 0 Å². The fourth-order valence-electron chi connectivity index (χ4n) is 2.09. The topological polar surface area (TPSA) is 46.5 Å². The summed E-state index contributed by atoms with van der Waals surface area (Å²) in [6.07, 6.45) is 0. The van der Waals surface area contributed by atoms with Crippen LogP contribution in [0.25, 0.3) is 0 Å². The Morgan fingerprint density at radius 1 is 0.864 bits per heavy atom. The molecule has 0 aliphatic heterocycles. The third-order valence-electron chi connectivity index (χ3n) is 3.53. The first-order valence-electron chi connectivity index (χ1n) is 7.74. The lowest BCUT2D eigenvalue weighted by atomic mass is 9.81. The summed E-state index contributed by atoms with van der Waals surface area (Å²) in [5.74, 6) is 0.506. The number of rotatable bonds is 1. The normalized spacial score (nSPS) is 13.1. The number of ether oxygens (including phenoxy) is 1. The van der Waals surface area contributed by atoms with E-state index in [0.717, 1.165) is 11.1 Å². The number of benzene rings is 1. The molecule has 22 heavy (non-hydrogen) atoms. The molecule has 0 aromatic heterocycles. The molecule has 1 N–H and O–H groups in total. The van der Waals surface area contributed by atoms with Gasteiger partial charge in [-0.1, -0.05) is 41.5 Å². The van der Waals surface area contributed by atoms with Crippen molar-refractivity contribution in [3.8, 4) is 11.5 Å². The van der Waals surface area contributed by atoms with Gasteiger partial charge in [-0.05, 0) is 43.7 Å². The van der Waals surface area contributed by atoms with E-state index in [-0.39, 0.29) is 22.5 Å². The van der Waals surface area contributed by atoms with Crippen molar-refractivity contribution in [1.29, 1.82) is 0 Å². The average Bonchev–Trinajstić information content (AvgIpc) is 2.26. The summed E-state index contributed by atoms with van der Waals surface area (Å²) in [5, 5.41) is 10.4. The summed E-state index contributed by atoms with van der Waals surface area (Å²) in [6.45, 7) is 17.7. The molecule has 0 radical (unpaired) electrons. The monoisotopic (exact) mass is 306 g/mol. The Labute approximate surface area is 134 Å². The van der Waals surface area contributed by atoms with Crippen LogP contribution in [-0.4, -0.2) is 11.1 Å². The van der Waals surface area contributed by atoms with E-state index >= 15 is 0 Å². The van der Waals surface area contributed by atoms with Gasteiger partial charge in [0, 0.05) is 11.1 Å². The Kier molecular flexibility index (Phi) is 4.72. The summed E-state index contributed by atoms with van der Waals surface area (Å²) in [6, 6.07) is 3.53. The van der Waals surface area contributed by atoms with Gasteiger partial charge < -0.3 is 9.84 Å². The molecule has 0 saturated heterocycles. The summed E-state index contributed by atoms with van der Waals surface area (Å²) >= 11 is 0. The highest BCUT2D eigenvalue weighted by molar-refractivity contribution is 5.78. The van der Waals surface area contributed by atoms with Crippen LogP contribution in [0.2, 0.25) is 0 Å². The van der Waals surface area contributed by atoms with Crippen LogP contribution < -0.4 is 4.74 Å². The van der Waals surface area contributed by atoms with Crippen LogP contribution in [0.3, 0.4) is 0 Å². The second-order valence-corrected chi connectivity index (χ2v) is 9.01. The number of carbonyl (C=O) groups is 1. The third-order valence-corrected chi connectivity index (χ3v) is 3.53. The Balaban J connectivity index is 3.48. The maximum atomic E-state index is 12.3. The van der Waals surface area contributed by atoms with E-state index in [2.05, 4.69) is 0 Å². The molecule has 0 bridgehead atoms. The molecule has 1 aromatic rings. The predicted molar refractivity (Wildman–Crippen MR) is 90.6 cm³/mol. The molecule has 0 saturated carbocycles. The fourth-order valence-corrected chi connectivity index (χ4v) is 2.09. The molecule has 3 nitrogen and oxygen atoms in total. The van der Waals surface area contributed by atoms with Crippen LogP contribution >= 0.6 is 0 Å². The second-order valence-electron chi connectivity index (χ2n) is 9.01. The highest BCUT2D eigenvalue weighted by Crippen LogP contribution is 2.41. The first-order valence-corrected chi connectivity index (χ1v) is 7.74. The molecular weight excluding hydrogens is 276 g/mol. The van der Waals surface area contributed by atoms with Gasteiger partial charge in [0.2, 0.25) is 0 Å². The van der Waals surface area contributed by atoms with Gasteiger partial charge in [0.25, 0.3) is 0 Å². The quantitative estimate of drug-likeness (QED) is 0.590. The number of carbonyl (C=O) groups excluding carboxylic acids is 1. The number of hydrogen-bond acceptors (Lipinski definition) is 3. The number of hydrogen-bond donors (Lipinski definition) is 1. The Hall–Kier alpha value is -1.51. The van der Waals surface area contributed by atoms with E-state index in [1.165, 1.54) is 0 Å². The molecule has 124 valence electrons. The maximum Gasteiger partial charge on any atom is 0.316 e. The van der Waals surface area contributed by atoms with E-state index in [1.807, 2.05) is 62.3 Å². The van der Waals surface area contributed by atoms with Gasteiger partial charge in [-0.3, -0.25) is 4.79 Å². The van der Waals surface area contributed by atoms with E-state index < -0.39 is 5.41 Å². The molecule has 0 fully saturated rings. The molecule has 1 aromatic carbocycles. The van der Waals surface area contributed by atoms with Gasteiger partial charge in [-0.25, -0.2) is 0 Å². The van der Waals surface area contributed by atoms with Crippen LogP contribution in [0, 0.1) is 5.41 Å². The summed E-state index contributed by atoms with van der Waals surface area (Å²) < 4.78 is 5.68. The van der Waals surface area contributed by atoms with Crippen LogP contribution in [0.15, 0.2) is 12.1 Å². The first kappa shape index (κ1) is 18.5. The average molecular weight is 306 g/mol. The van der Waals surface area contributed by atoms with Gasteiger partial charge in [0.05, 0.1) is 5.41 Å². The first-order chi connectivity index (χ1) is 9.64. The van der Waals surface area contributed by atoms with Crippen LogP contribution in [-0.2, 0) is 15.6 Å². The molecule has 0 aliphatic rings. The van der Waals surface area contributed by atoms with Crippen molar-refractivity contribution < 1.29 is 14.6 Å². The van der Waals surface area contributed by atoms with Gasteiger partial charge in [-0.2, -0.15) is 0 Å². The van der Waals surface area contributed by atoms with Crippen molar-refractivity contribution >= 4 is 5.97 Å².